The van der Waals surface area contributed by atoms with E-state index in [-0.39, 0.29) is 33.2 Å². The first kappa shape index (κ1) is 27.9. The fraction of sp³-hybridized carbons (Fsp3) is 0.560. The number of primary amides is 1. The monoisotopic (exact) mass is 533 g/mol. The second-order valence-electron chi connectivity index (χ2n) is 9.26. The number of anilines is 1. The summed E-state index contributed by atoms with van der Waals surface area (Å²) in [7, 11) is 0. The summed E-state index contributed by atoms with van der Waals surface area (Å²) in [6.45, 7) is 9.48. The third-order valence-electron chi connectivity index (χ3n) is 6.11. The Bertz CT molecular complexity index is 1100. The molecule has 1 aliphatic carbocycles. The molecule has 2 amide bonds. The summed E-state index contributed by atoms with van der Waals surface area (Å²) < 4.78 is 7.30. The number of rotatable bonds is 12. The number of nitrogens with one attached hydrogen (secondary N) is 1. The lowest BCUT2D eigenvalue weighted by molar-refractivity contribution is -0.113. The Balaban J connectivity index is 1.68. The van der Waals surface area contributed by atoms with Crippen LogP contribution >= 0.6 is 23.1 Å². The summed E-state index contributed by atoms with van der Waals surface area (Å²) >= 11 is 2.24. The topological polar surface area (TPSA) is 129 Å². The minimum absolute atomic E-state index is 0.0550. The zero-order valence-electron chi connectivity index (χ0n) is 21.2. The standard InChI is InChI=1S/C25H35N5O4S2/c1-5-13-30-18(12-11-17-9-7-6-8-10-17)28-29-25(30)35-14-19(31)27-23-20(24(33)34-15(2)3)16(4)21(36-23)22(26)32/h5,15,17H,1,6-14H2,2-4H3,(H2,26,32)(H,27,31). The molecule has 0 atom stereocenters. The molecule has 0 unspecified atom stereocenters. The van der Waals surface area contributed by atoms with E-state index in [2.05, 4.69) is 22.1 Å². The Hall–Kier alpha value is -2.66. The highest BCUT2D eigenvalue weighted by Crippen LogP contribution is 2.34. The molecule has 0 spiro atoms. The molecule has 0 saturated heterocycles. The number of aromatic nitrogens is 3. The predicted molar refractivity (Wildman–Crippen MR) is 143 cm³/mol. The number of amides is 2. The van der Waals surface area contributed by atoms with E-state index in [4.69, 9.17) is 10.5 Å². The van der Waals surface area contributed by atoms with Gasteiger partial charge in [0.25, 0.3) is 5.91 Å². The van der Waals surface area contributed by atoms with Crippen molar-refractivity contribution in [3.8, 4) is 0 Å². The maximum atomic E-state index is 12.8. The van der Waals surface area contributed by atoms with Gasteiger partial charge in [-0.2, -0.15) is 0 Å². The van der Waals surface area contributed by atoms with Gasteiger partial charge in [-0.25, -0.2) is 4.79 Å². The van der Waals surface area contributed by atoms with Gasteiger partial charge >= 0.3 is 5.97 Å². The fourth-order valence-electron chi connectivity index (χ4n) is 4.38. The molecular weight excluding hydrogens is 498 g/mol. The summed E-state index contributed by atoms with van der Waals surface area (Å²) in [5.74, 6) is 0.0895. The number of nitrogens with zero attached hydrogens (tertiary/aromatic N) is 3. The van der Waals surface area contributed by atoms with Crippen molar-refractivity contribution in [2.45, 2.75) is 83.5 Å². The van der Waals surface area contributed by atoms with Gasteiger partial charge in [-0.15, -0.1) is 28.1 Å². The Morgan fingerprint density at radius 2 is 2.00 bits per heavy atom. The van der Waals surface area contributed by atoms with Crippen LogP contribution in [0.2, 0.25) is 0 Å². The zero-order valence-corrected chi connectivity index (χ0v) is 22.8. The van der Waals surface area contributed by atoms with Crippen molar-refractivity contribution in [1.29, 1.82) is 0 Å². The van der Waals surface area contributed by atoms with E-state index in [1.807, 2.05) is 4.57 Å². The smallest absolute Gasteiger partial charge is 0.341 e. The molecule has 1 fully saturated rings. The molecule has 3 rings (SSSR count). The van der Waals surface area contributed by atoms with Crippen LogP contribution < -0.4 is 11.1 Å². The maximum Gasteiger partial charge on any atom is 0.341 e. The van der Waals surface area contributed by atoms with Crippen LogP contribution in [0.3, 0.4) is 0 Å². The van der Waals surface area contributed by atoms with Crippen molar-refractivity contribution < 1.29 is 19.1 Å². The van der Waals surface area contributed by atoms with Crippen LogP contribution in [0.1, 0.15) is 83.8 Å². The summed E-state index contributed by atoms with van der Waals surface area (Å²) in [4.78, 5) is 37.5. The Kier molecular flexibility index (Phi) is 10.1. The van der Waals surface area contributed by atoms with Crippen LogP contribution in [0.15, 0.2) is 17.8 Å². The van der Waals surface area contributed by atoms with Gasteiger partial charge in [-0.1, -0.05) is 49.9 Å². The first-order valence-corrected chi connectivity index (χ1v) is 14.1. The first-order valence-electron chi connectivity index (χ1n) is 12.3. The number of aryl methyl sites for hydroxylation is 1. The quantitative estimate of drug-likeness (QED) is 0.229. The van der Waals surface area contributed by atoms with E-state index >= 15 is 0 Å². The number of thiophene rings is 1. The van der Waals surface area contributed by atoms with Gasteiger partial charge in [0.05, 0.1) is 22.3 Å². The van der Waals surface area contributed by atoms with E-state index in [0.717, 1.165) is 35.9 Å². The SMILES string of the molecule is C=CCn1c(CCC2CCCCC2)nnc1SCC(=O)Nc1sc(C(N)=O)c(C)c1C(=O)OC(C)C. The molecule has 0 bridgehead atoms. The molecule has 0 aromatic carbocycles. The van der Waals surface area contributed by atoms with E-state index in [1.54, 1.807) is 26.8 Å². The molecule has 1 aliphatic rings. The second-order valence-corrected chi connectivity index (χ2v) is 11.2. The van der Waals surface area contributed by atoms with Crippen molar-refractivity contribution in [3.05, 3.63) is 34.5 Å². The van der Waals surface area contributed by atoms with Gasteiger partial charge in [-0.05, 0) is 38.7 Å². The van der Waals surface area contributed by atoms with Gasteiger partial charge in [0, 0.05) is 13.0 Å². The summed E-state index contributed by atoms with van der Waals surface area (Å²) in [5, 5.41) is 12.3. The highest BCUT2D eigenvalue weighted by Gasteiger charge is 2.26. The highest BCUT2D eigenvalue weighted by atomic mass is 32.2. The van der Waals surface area contributed by atoms with Gasteiger partial charge in [0.2, 0.25) is 5.91 Å². The second kappa shape index (κ2) is 13.0. The Labute approximate surface area is 220 Å². The van der Waals surface area contributed by atoms with E-state index in [1.165, 1.54) is 43.9 Å². The molecule has 2 heterocycles. The van der Waals surface area contributed by atoms with E-state index < -0.39 is 11.9 Å². The molecule has 0 aliphatic heterocycles. The van der Waals surface area contributed by atoms with Crippen LogP contribution in [-0.4, -0.2) is 44.4 Å². The molecule has 11 heteroatoms. The number of thioether (sulfide) groups is 1. The fourth-order valence-corrected chi connectivity index (χ4v) is 6.21. The average Bonchev–Trinajstić information content (AvgIpc) is 3.36. The number of ether oxygens (including phenoxy) is 1. The lowest BCUT2D eigenvalue weighted by Crippen LogP contribution is -2.18. The zero-order chi connectivity index (χ0) is 26.2. The summed E-state index contributed by atoms with van der Waals surface area (Å²) in [6.07, 6.45) is 9.90. The van der Waals surface area contributed by atoms with Crippen LogP contribution in [-0.2, 0) is 22.5 Å². The molecular formula is C25H35N5O4S2. The van der Waals surface area contributed by atoms with Gasteiger partial charge < -0.3 is 20.4 Å². The average molecular weight is 534 g/mol. The molecule has 9 nitrogen and oxygen atoms in total. The predicted octanol–water partition coefficient (Wildman–Crippen LogP) is 4.74. The minimum atomic E-state index is -0.663. The summed E-state index contributed by atoms with van der Waals surface area (Å²) in [6, 6.07) is 0. The lowest BCUT2D eigenvalue weighted by Gasteiger charge is -2.21. The molecule has 1 saturated carbocycles. The van der Waals surface area contributed by atoms with E-state index in [0.29, 0.717) is 17.3 Å². The van der Waals surface area contributed by atoms with Crippen LogP contribution in [0.4, 0.5) is 5.00 Å². The van der Waals surface area contributed by atoms with Crippen molar-refractivity contribution in [2.24, 2.45) is 11.7 Å². The lowest BCUT2D eigenvalue weighted by atomic mass is 9.86. The van der Waals surface area contributed by atoms with Crippen molar-refractivity contribution >= 4 is 45.9 Å². The number of nitrogens with two attached hydrogens (primary N) is 1. The van der Waals surface area contributed by atoms with Gasteiger partial charge in [0.15, 0.2) is 5.16 Å². The number of esters is 1. The Morgan fingerprint density at radius 1 is 1.28 bits per heavy atom. The molecule has 36 heavy (non-hydrogen) atoms. The number of hydrogen-bond acceptors (Lipinski definition) is 8. The molecule has 0 radical (unpaired) electrons. The third kappa shape index (κ3) is 7.19. The maximum absolute atomic E-state index is 12.8. The van der Waals surface area contributed by atoms with Crippen molar-refractivity contribution in [3.63, 3.8) is 0 Å². The third-order valence-corrected chi connectivity index (χ3v) is 8.30. The minimum Gasteiger partial charge on any atom is -0.459 e. The first-order chi connectivity index (χ1) is 17.2. The van der Waals surface area contributed by atoms with E-state index in [9.17, 15) is 14.4 Å². The normalized spacial score (nSPS) is 14.1. The van der Waals surface area contributed by atoms with Crippen LogP contribution in [0, 0.1) is 12.8 Å². The van der Waals surface area contributed by atoms with Crippen LogP contribution in [0.25, 0.3) is 0 Å². The molecule has 2 aromatic heterocycles. The number of hydrogen-bond donors (Lipinski definition) is 2. The number of carbonyl (C=O) groups excluding carboxylic acids is 3. The molecule has 3 N–H and O–H groups in total. The highest BCUT2D eigenvalue weighted by molar-refractivity contribution is 7.99. The number of carbonyl (C=O) groups is 3. The number of allylic oxidation sites excluding steroid dienone is 1. The Morgan fingerprint density at radius 3 is 2.64 bits per heavy atom. The van der Waals surface area contributed by atoms with Gasteiger partial charge in [-0.3, -0.25) is 9.59 Å². The van der Waals surface area contributed by atoms with Crippen LogP contribution in [0.5, 0.6) is 0 Å². The molecule has 2 aromatic rings. The van der Waals surface area contributed by atoms with Crippen molar-refractivity contribution in [2.75, 3.05) is 11.1 Å². The summed E-state index contributed by atoms with van der Waals surface area (Å²) in [5.41, 5.74) is 6.01. The largest absolute Gasteiger partial charge is 0.459 e. The molecule has 196 valence electrons. The van der Waals surface area contributed by atoms with Gasteiger partial charge in [0.1, 0.15) is 10.8 Å². The van der Waals surface area contributed by atoms with Crippen molar-refractivity contribution in [1.82, 2.24) is 14.8 Å².